The molecule has 1 aliphatic heterocycles. The van der Waals surface area contributed by atoms with Gasteiger partial charge in [-0.1, -0.05) is 0 Å². The average Bonchev–Trinajstić information content (AvgIpc) is 2.31. The van der Waals surface area contributed by atoms with Gasteiger partial charge in [-0.15, -0.1) is 0 Å². The van der Waals surface area contributed by atoms with Crippen molar-refractivity contribution in [2.24, 2.45) is 0 Å². The van der Waals surface area contributed by atoms with E-state index in [1.165, 1.54) is 5.69 Å². The summed E-state index contributed by atoms with van der Waals surface area (Å²) in [7, 11) is 1.70. The van der Waals surface area contributed by atoms with Gasteiger partial charge in [0, 0.05) is 37.1 Å². The van der Waals surface area contributed by atoms with Gasteiger partial charge in [-0.2, -0.15) is 0 Å². The van der Waals surface area contributed by atoms with Crippen LogP contribution < -0.4 is 10.6 Å². The molecule has 2 rings (SSSR count). The number of methoxy groups -OCH3 is 1. The topological polar surface area (TPSA) is 47.7 Å². The van der Waals surface area contributed by atoms with Gasteiger partial charge >= 0.3 is 0 Å². The molecule has 0 atom stereocenters. The second-order valence-electron chi connectivity index (χ2n) is 3.92. The Morgan fingerprint density at radius 2 is 2.12 bits per heavy atom. The Morgan fingerprint density at radius 1 is 1.38 bits per heavy atom. The van der Waals surface area contributed by atoms with Gasteiger partial charge < -0.3 is 20.1 Å². The molecular weight excluding hydrogens is 204 g/mol. The third-order valence-corrected chi connectivity index (χ3v) is 2.76. The van der Waals surface area contributed by atoms with Crippen LogP contribution in [0.1, 0.15) is 5.56 Å². The van der Waals surface area contributed by atoms with Crippen LogP contribution in [0, 0.1) is 0 Å². The Hall–Kier alpha value is -1.26. The zero-order valence-electron chi connectivity index (χ0n) is 9.61. The SMILES string of the molecule is COCc1cc(N)ccc1N1CCOCC1. The maximum atomic E-state index is 5.79. The minimum atomic E-state index is 0.595. The predicted octanol–water partition coefficient (Wildman–Crippen LogP) is 1.25. The summed E-state index contributed by atoms with van der Waals surface area (Å²) in [5.74, 6) is 0. The molecule has 16 heavy (non-hydrogen) atoms. The fourth-order valence-electron chi connectivity index (χ4n) is 1.99. The first-order chi connectivity index (χ1) is 7.81. The van der Waals surface area contributed by atoms with Crippen molar-refractivity contribution in [3.05, 3.63) is 23.8 Å². The van der Waals surface area contributed by atoms with Crippen molar-refractivity contribution >= 4 is 11.4 Å². The minimum Gasteiger partial charge on any atom is -0.399 e. The smallest absolute Gasteiger partial charge is 0.0734 e. The van der Waals surface area contributed by atoms with E-state index in [0.717, 1.165) is 37.6 Å². The standard InChI is InChI=1S/C12H18N2O2/c1-15-9-10-8-11(13)2-3-12(10)14-4-6-16-7-5-14/h2-3,8H,4-7,9,13H2,1H3. The lowest BCUT2D eigenvalue weighted by Crippen LogP contribution is -2.36. The number of anilines is 2. The minimum absolute atomic E-state index is 0.595. The van der Waals surface area contributed by atoms with E-state index in [0.29, 0.717) is 6.61 Å². The Labute approximate surface area is 95.9 Å². The Morgan fingerprint density at radius 3 is 2.81 bits per heavy atom. The van der Waals surface area contributed by atoms with Crippen molar-refractivity contribution in [1.82, 2.24) is 0 Å². The van der Waals surface area contributed by atoms with Crippen LogP contribution in [0.2, 0.25) is 0 Å². The van der Waals surface area contributed by atoms with E-state index in [-0.39, 0.29) is 0 Å². The van der Waals surface area contributed by atoms with Crippen LogP contribution in [-0.4, -0.2) is 33.4 Å². The average molecular weight is 222 g/mol. The van der Waals surface area contributed by atoms with Crippen LogP contribution >= 0.6 is 0 Å². The highest BCUT2D eigenvalue weighted by Crippen LogP contribution is 2.24. The van der Waals surface area contributed by atoms with E-state index in [9.17, 15) is 0 Å². The quantitative estimate of drug-likeness (QED) is 0.782. The van der Waals surface area contributed by atoms with Crippen molar-refractivity contribution in [1.29, 1.82) is 0 Å². The summed E-state index contributed by atoms with van der Waals surface area (Å²) in [5, 5.41) is 0. The molecule has 0 aliphatic carbocycles. The first-order valence-electron chi connectivity index (χ1n) is 5.51. The molecular formula is C12H18N2O2. The summed E-state index contributed by atoms with van der Waals surface area (Å²) in [5.41, 5.74) is 8.92. The van der Waals surface area contributed by atoms with Gasteiger partial charge in [-0.25, -0.2) is 0 Å². The van der Waals surface area contributed by atoms with E-state index in [2.05, 4.69) is 11.0 Å². The lowest BCUT2D eigenvalue weighted by Gasteiger charge is -2.30. The maximum absolute atomic E-state index is 5.79. The molecule has 0 saturated carbocycles. The lowest BCUT2D eigenvalue weighted by atomic mass is 10.1. The molecule has 0 amide bonds. The molecule has 0 aromatic heterocycles. The molecule has 1 heterocycles. The van der Waals surface area contributed by atoms with Crippen molar-refractivity contribution < 1.29 is 9.47 Å². The van der Waals surface area contributed by atoms with Gasteiger partial charge in [-0.05, 0) is 18.2 Å². The number of morpholine rings is 1. The molecule has 1 aromatic carbocycles. The monoisotopic (exact) mass is 222 g/mol. The third-order valence-electron chi connectivity index (χ3n) is 2.76. The predicted molar refractivity (Wildman–Crippen MR) is 64.6 cm³/mol. The van der Waals surface area contributed by atoms with E-state index >= 15 is 0 Å². The normalized spacial score (nSPS) is 16.4. The molecule has 0 spiro atoms. The first-order valence-corrected chi connectivity index (χ1v) is 5.51. The van der Waals surface area contributed by atoms with Gasteiger partial charge in [-0.3, -0.25) is 0 Å². The van der Waals surface area contributed by atoms with Crippen LogP contribution in [0.4, 0.5) is 11.4 Å². The second-order valence-corrected chi connectivity index (χ2v) is 3.92. The van der Waals surface area contributed by atoms with Crippen molar-refractivity contribution in [2.45, 2.75) is 6.61 Å². The van der Waals surface area contributed by atoms with Crippen LogP contribution in [0.15, 0.2) is 18.2 Å². The number of ether oxygens (including phenoxy) is 2. The molecule has 2 N–H and O–H groups in total. The Bertz CT molecular complexity index is 349. The summed E-state index contributed by atoms with van der Waals surface area (Å²) in [6.07, 6.45) is 0. The Balaban J connectivity index is 2.23. The number of nitrogen functional groups attached to an aromatic ring is 1. The van der Waals surface area contributed by atoms with Gasteiger partial charge in [0.25, 0.3) is 0 Å². The lowest BCUT2D eigenvalue weighted by molar-refractivity contribution is 0.122. The summed E-state index contributed by atoms with van der Waals surface area (Å²) >= 11 is 0. The highest BCUT2D eigenvalue weighted by atomic mass is 16.5. The number of benzene rings is 1. The second kappa shape index (κ2) is 5.18. The molecule has 0 radical (unpaired) electrons. The number of rotatable bonds is 3. The molecule has 1 fully saturated rings. The number of nitrogens with two attached hydrogens (primary N) is 1. The molecule has 88 valence electrons. The summed E-state index contributed by atoms with van der Waals surface area (Å²) in [4.78, 5) is 2.32. The fourth-order valence-corrected chi connectivity index (χ4v) is 1.99. The number of nitrogens with zero attached hydrogens (tertiary/aromatic N) is 1. The molecule has 1 saturated heterocycles. The summed E-state index contributed by atoms with van der Waals surface area (Å²) < 4.78 is 10.5. The van der Waals surface area contributed by atoms with Crippen molar-refractivity contribution in [3.63, 3.8) is 0 Å². The highest BCUT2D eigenvalue weighted by molar-refractivity contribution is 5.59. The number of hydrogen-bond donors (Lipinski definition) is 1. The molecule has 4 nitrogen and oxygen atoms in total. The zero-order valence-corrected chi connectivity index (χ0v) is 9.61. The highest BCUT2D eigenvalue weighted by Gasteiger charge is 2.14. The van der Waals surface area contributed by atoms with Gasteiger partial charge in [0.1, 0.15) is 0 Å². The van der Waals surface area contributed by atoms with E-state index < -0.39 is 0 Å². The summed E-state index contributed by atoms with van der Waals surface area (Å²) in [6.45, 7) is 4.03. The van der Waals surface area contributed by atoms with E-state index in [1.807, 2.05) is 12.1 Å². The maximum Gasteiger partial charge on any atom is 0.0734 e. The largest absolute Gasteiger partial charge is 0.399 e. The van der Waals surface area contributed by atoms with Crippen LogP contribution in [0.25, 0.3) is 0 Å². The van der Waals surface area contributed by atoms with Gasteiger partial charge in [0.15, 0.2) is 0 Å². The van der Waals surface area contributed by atoms with Crippen LogP contribution in [0.3, 0.4) is 0 Å². The van der Waals surface area contributed by atoms with Crippen molar-refractivity contribution in [2.75, 3.05) is 44.0 Å². The van der Waals surface area contributed by atoms with Crippen LogP contribution in [0.5, 0.6) is 0 Å². The van der Waals surface area contributed by atoms with Gasteiger partial charge in [0.05, 0.1) is 19.8 Å². The summed E-state index contributed by atoms with van der Waals surface area (Å²) in [6, 6.07) is 5.98. The van der Waals surface area contributed by atoms with Crippen molar-refractivity contribution in [3.8, 4) is 0 Å². The Kier molecular flexibility index (Phi) is 3.64. The molecule has 0 bridgehead atoms. The number of hydrogen-bond acceptors (Lipinski definition) is 4. The van der Waals surface area contributed by atoms with Crippen LogP contribution in [-0.2, 0) is 16.1 Å². The fraction of sp³-hybridized carbons (Fsp3) is 0.500. The molecule has 0 unspecified atom stereocenters. The zero-order chi connectivity index (χ0) is 11.4. The first kappa shape index (κ1) is 11.2. The molecule has 1 aromatic rings. The van der Waals surface area contributed by atoms with Gasteiger partial charge in [0.2, 0.25) is 0 Å². The molecule has 4 heteroatoms. The van der Waals surface area contributed by atoms with E-state index in [1.54, 1.807) is 7.11 Å². The van der Waals surface area contributed by atoms with E-state index in [4.69, 9.17) is 15.2 Å². The third kappa shape index (κ3) is 2.46. The molecule has 1 aliphatic rings.